The van der Waals surface area contributed by atoms with Crippen molar-refractivity contribution >= 4 is 17.6 Å². The lowest BCUT2D eigenvalue weighted by atomic mass is 10.0. The van der Waals surface area contributed by atoms with Gasteiger partial charge in [-0.1, -0.05) is 31.2 Å². The van der Waals surface area contributed by atoms with Crippen LogP contribution in [0.1, 0.15) is 23.7 Å². The number of hydrogen-bond donors (Lipinski definition) is 1. The zero-order chi connectivity index (χ0) is 15.2. The van der Waals surface area contributed by atoms with E-state index in [2.05, 4.69) is 10.1 Å². The van der Waals surface area contributed by atoms with Crippen LogP contribution in [0.4, 0.5) is 5.69 Å². The first-order chi connectivity index (χ1) is 10.1. The van der Waals surface area contributed by atoms with Gasteiger partial charge in [0.1, 0.15) is 0 Å². The first kappa shape index (κ1) is 14.8. The van der Waals surface area contributed by atoms with Crippen molar-refractivity contribution in [3.05, 3.63) is 54.1 Å². The third-order valence-electron chi connectivity index (χ3n) is 3.13. The van der Waals surface area contributed by atoms with Crippen LogP contribution < -0.4 is 5.32 Å². The van der Waals surface area contributed by atoms with E-state index in [-0.39, 0.29) is 11.9 Å². The second kappa shape index (κ2) is 6.70. The number of hydrogen-bond acceptors (Lipinski definition) is 3. The highest BCUT2D eigenvalue weighted by Crippen LogP contribution is 2.22. The molecule has 0 radical (unpaired) electrons. The predicted molar refractivity (Wildman–Crippen MR) is 82.1 cm³/mol. The lowest BCUT2D eigenvalue weighted by Gasteiger charge is -2.06. The van der Waals surface area contributed by atoms with Crippen LogP contribution in [-0.4, -0.2) is 19.0 Å². The van der Waals surface area contributed by atoms with E-state index in [1.807, 2.05) is 43.3 Å². The Bertz CT molecular complexity index is 630. The van der Waals surface area contributed by atoms with Gasteiger partial charge in [-0.05, 0) is 35.4 Å². The van der Waals surface area contributed by atoms with Crippen molar-refractivity contribution in [2.24, 2.45) is 0 Å². The van der Waals surface area contributed by atoms with E-state index in [1.54, 1.807) is 12.1 Å². The summed E-state index contributed by atoms with van der Waals surface area (Å²) in [5.74, 6) is -0.357. The standard InChI is InChI=1S/C17H17NO3/c1-3-16(19)18-15-10-8-13(9-11-15)12-4-6-14(7-5-12)17(20)21-2/h4-11H,3H2,1-2H3,(H,18,19). The van der Waals surface area contributed by atoms with E-state index in [0.717, 1.165) is 16.8 Å². The summed E-state index contributed by atoms with van der Waals surface area (Å²) in [6.07, 6.45) is 0.455. The Morgan fingerprint density at radius 1 is 0.952 bits per heavy atom. The third kappa shape index (κ3) is 3.69. The van der Waals surface area contributed by atoms with Gasteiger partial charge in [0.05, 0.1) is 12.7 Å². The molecule has 0 saturated carbocycles. The molecule has 0 heterocycles. The molecule has 2 aromatic carbocycles. The fourth-order valence-corrected chi connectivity index (χ4v) is 1.91. The number of esters is 1. The summed E-state index contributed by atoms with van der Waals surface area (Å²) >= 11 is 0. The molecule has 21 heavy (non-hydrogen) atoms. The molecule has 0 spiro atoms. The lowest BCUT2D eigenvalue weighted by molar-refractivity contribution is -0.115. The fraction of sp³-hybridized carbons (Fsp3) is 0.176. The van der Waals surface area contributed by atoms with E-state index in [4.69, 9.17) is 0 Å². The zero-order valence-electron chi connectivity index (χ0n) is 12.1. The Morgan fingerprint density at radius 2 is 1.48 bits per heavy atom. The number of carbonyl (C=O) groups is 2. The first-order valence-corrected chi connectivity index (χ1v) is 6.72. The van der Waals surface area contributed by atoms with E-state index in [1.165, 1.54) is 7.11 Å². The van der Waals surface area contributed by atoms with Gasteiger partial charge in [-0.2, -0.15) is 0 Å². The van der Waals surface area contributed by atoms with E-state index >= 15 is 0 Å². The third-order valence-corrected chi connectivity index (χ3v) is 3.13. The van der Waals surface area contributed by atoms with Gasteiger partial charge in [-0.3, -0.25) is 4.79 Å². The van der Waals surface area contributed by atoms with Crippen LogP contribution in [0, 0.1) is 0 Å². The molecule has 2 rings (SSSR count). The Balaban J connectivity index is 2.15. The Labute approximate surface area is 123 Å². The summed E-state index contributed by atoms with van der Waals surface area (Å²) in [5, 5.41) is 2.80. The molecule has 1 N–H and O–H groups in total. The molecular formula is C17H17NO3. The van der Waals surface area contributed by atoms with Gasteiger partial charge in [0, 0.05) is 12.1 Å². The van der Waals surface area contributed by atoms with Crippen molar-refractivity contribution < 1.29 is 14.3 Å². The first-order valence-electron chi connectivity index (χ1n) is 6.72. The smallest absolute Gasteiger partial charge is 0.337 e. The minimum atomic E-state index is -0.348. The van der Waals surface area contributed by atoms with Gasteiger partial charge in [0.25, 0.3) is 0 Å². The average Bonchev–Trinajstić information content (AvgIpc) is 2.55. The molecule has 0 aliphatic carbocycles. The molecule has 2 aromatic rings. The van der Waals surface area contributed by atoms with E-state index in [9.17, 15) is 9.59 Å². The van der Waals surface area contributed by atoms with E-state index < -0.39 is 0 Å². The number of methoxy groups -OCH3 is 1. The number of nitrogens with one attached hydrogen (secondary N) is 1. The second-order valence-corrected chi connectivity index (χ2v) is 4.55. The van der Waals surface area contributed by atoms with Gasteiger partial charge in [-0.25, -0.2) is 4.79 Å². The van der Waals surface area contributed by atoms with Gasteiger partial charge < -0.3 is 10.1 Å². The molecule has 0 aliphatic rings. The van der Waals surface area contributed by atoms with Crippen LogP contribution >= 0.6 is 0 Å². The number of anilines is 1. The number of amides is 1. The molecule has 0 unspecified atom stereocenters. The van der Waals surface area contributed by atoms with Crippen molar-refractivity contribution in [3.8, 4) is 11.1 Å². The van der Waals surface area contributed by atoms with Crippen molar-refractivity contribution in [1.29, 1.82) is 0 Å². The highest BCUT2D eigenvalue weighted by Gasteiger charge is 2.05. The normalized spacial score (nSPS) is 10.0. The minimum Gasteiger partial charge on any atom is -0.465 e. The summed E-state index contributed by atoms with van der Waals surface area (Å²) in [5.41, 5.74) is 3.31. The maximum Gasteiger partial charge on any atom is 0.337 e. The van der Waals surface area contributed by atoms with Crippen molar-refractivity contribution in [1.82, 2.24) is 0 Å². The molecule has 1 amide bonds. The zero-order valence-corrected chi connectivity index (χ0v) is 12.1. The SMILES string of the molecule is CCC(=O)Nc1ccc(-c2ccc(C(=O)OC)cc2)cc1. The quantitative estimate of drug-likeness (QED) is 0.874. The molecule has 108 valence electrons. The summed E-state index contributed by atoms with van der Waals surface area (Å²) in [4.78, 5) is 22.7. The second-order valence-electron chi connectivity index (χ2n) is 4.55. The van der Waals surface area contributed by atoms with Crippen molar-refractivity contribution in [3.63, 3.8) is 0 Å². The summed E-state index contributed by atoms with van der Waals surface area (Å²) in [6.45, 7) is 1.81. The van der Waals surface area contributed by atoms with E-state index in [0.29, 0.717) is 12.0 Å². The Hall–Kier alpha value is -2.62. The van der Waals surface area contributed by atoms with Crippen LogP contribution in [0.5, 0.6) is 0 Å². The number of benzene rings is 2. The molecular weight excluding hydrogens is 266 g/mol. The van der Waals surface area contributed by atoms with Crippen LogP contribution in [0.3, 0.4) is 0 Å². The predicted octanol–water partition coefficient (Wildman–Crippen LogP) is 3.49. The van der Waals surface area contributed by atoms with Gasteiger partial charge in [0.15, 0.2) is 0 Å². The maximum atomic E-state index is 11.4. The Kier molecular flexibility index (Phi) is 4.72. The van der Waals surface area contributed by atoms with Gasteiger partial charge in [0.2, 0.25) is 5.91 Å². The van der Waals surface area contributed by atoms with Crippen LogP contribution in [0.15, 0.2) is 48.5 Å². The fourth-order valence-electron chi connectivity index (χ4n) is 1.91. The highest BCUT2D eigenvalue weighted by molar-refractivity contribution is 5.91. The number of ether oxygens (including phenoxy) is 1. The summed E-state index contributed by atoms with van der Waals surface area (Å²) in [6, 6.07) is 14.8. The summed E-state index contributed by atoms with van der Waals surface area (Å²) < 4.78 is 4.67. The maximum absolute atomic E-state index is 11.4. The Morgan fingerprint density at radius 3 is 1.95 bits per heavy atom. The van der Waals surface area contributed by atoms with Crippen molar-refractivity contribution in [2.75, 3.05) is 12.4 Å². The minimum absolute atomic E-state index is 0.00909. The van der Waals surface area contributed by atoms with Crippen LogP contribution in [-0.2, 0) is 9.53 Å². The van der Waals surface area contributed by atoms with Crippen molar-refractivity contribution in [2.45, 2.75) is 13.3 Å². The molecule has 0 atom stereocenters. The molecule has 4 nitrogen and oxygen atoms in total. The lowest BCUT2D eigenvalue weighted by Crippen LogP contribution is -2.08. The molecule has 0 aromatic heterocycles. The summed E-state index contributed by atoms with van der Waals surface area (Å²) in [7, 11) is 1.36. The molecule has 0 fully saturated rings. The highest BCUT2D eigenvalue weighted by atomic mass is 16.5. The topological polar surface area (TPSA) is 55.4 Å². The molecule has 0 saturated heterocycles. The monoisotopic (exact) mass is 283 g/mol. The van der Waals surface area contributed by atoms with Crippen LogP contribution in [0.2, 0.25) is 0 Å². The molecule has 4 heteroatoms. The van der Waals surface area contributed by atoms with Crippen LogP contribution in [0.25, 0.3) is 11.1 Å². The number of rotatable bonds is 4. The number of carbonyl (C=O) groups excluding carboxylic acids is 2. The largest absolute Gasteiger partial charge is 0.465 e. The molecule has 0 aliphatic heterocycles. The average molecular weight is 283 g/mol. The van der Waals surface area contributed by atoms with Gasteiger partial charge in [-0.15, -0.1) is 0 Å². The van der Waals surface area contributed by atoms with Gasteiger partial charge >= 0.3 is 5.97 Å². The molecule has 0 bridgehead atoms.